The van der Waals surface area contributed by atoms with Crippen LogP contribution in [0.2, 0.25) is 0 Å². The fourth-order valence-electron chi connectivity index (χ4n) is 2.64. The molecule has 0 fully saturated rings. The maximum absolute atomic E-state index is 4.69. The summed E-state index contributed by atoms with van der Waals surface area (Å²) in [7, 11) is 0. The van der Waals surface area contributed by atoms with E-state index in [9.17, 15) is 0 Å². The summed E-state index contributed by atoms with van der Waals surface area (Å²) in [5.74, 6) is 1.74. The summed E-state index contributed by atoms with van der Waals surface area (Å²) in [6.45, 7) is 13.0. The predicted octanol–water partition coefficient (Wildman–Crippen LogP) is 4.27. The maximum atomic E-state index is 4.69. The lowest BCUT2D eigenvalue weighted by molar-refractivity contribution is 0.487. The van der Waals surface area contributed by atoms with Gasteiger partial charge in [0.25, 0.3) is 0 Å². The number of rotatable bonds is 7. The fourth-order valence-corrected chi connectivity index (χ4v) is 3.49. The molecule has 0 saturated carbocycles. The van der Waals surface area contributed by atoms with Crippen molar-refractivity contribution in [1.29, 1.82) is 0 Å². The number of nitrogens with one attached hydrogen (secondary N) is 2. The van der Waals surface area contributed by atoms with Crippen LogP contribution in [0.5, 0.6) is 0 Å². The van der Waals surface area contributed by atoms with E-state index in [1.807, 2.05) is 25.4 Å². The lowest BCUT2D eigenvalue weighted by Gasteiger charge is -2.22. The zero-order chi connectivity index (χ0) is 18.2. The minimum absolute atomic E-state index is 0. The normalized spacial score (nSPS) is 12.6. The third kappa shape index (κ3) is 6.83. The van der Waals surface area contributed by atoms with Crippen LogP contribution in [0, 0.1) is 19.8 Å². The van der Waals surface area contributed by atoms with Crippen molar-refractivity contribution in [3.8, 4) is 0 Å². The molecule has 0 aromatic carbocycles. The smallest absolute Gasteiger partial charge is 0.191 e. The van der Waals surface area contributed by atoms with Gasteiger partial charge < -0.3 is 10.6 Å². The first-order valence-corrected chi connectivity index (χ1v) is 9.67. The van der Waals surface area contributed by atoms with Gasteiger partial charge in [-0.2, -0.15) is 0 Å². The van der Waals surface area contributed by atoms with Gasteiger partial charge in [0.05, 0.1) is 12.2 Å². The Kier molecular flexibility index (Phi) is 10.1. The molecule has 1 atom stereocenters. The Hall–Kier alpha value is -1.22. The molecular weight excluding hydrogens is 457 g/mol. The predicted molar refractivity (Wildman–Crippen MR) is 122 cm³/mol. The Morgan fingerprint density at radius 1 is 1.27 bits per heavy atom. The number of pyridine rings is 1. The fraction of sp³-hybridized carbons (Fsp3) is 0.526. The Morgan fingerprint density at radius 3 is 2.58 bits per heavy atom. The van der Waals surface area contributed by atoms with Gasteiger partial charge in [-0.25, -0.2) is 9.98 Å². The van der Waals surface area contributed by atoms with Gasteiger partial charge in [-0.15, -0.1) is 35.3 Å². The van der Waals surface area contributed by atoms with Crippen LogP contribution in [0.3, 0.4) is 0 Å². The molecule has 2 heterocycles. The summed E-state index contributed by atoms with van der Waals surface area (Å²) < 4.78 is 0. The molecule has 0 spiro atoms. The number of halogens is 1. The monoisotopic (exact) mass is 487 g/mol. The highest BCUT2D eigenvalue weighted by Crippen LogP contribution is 2.22. The van der Waals surface area contributed by atoms with E-state index in [-0.39, 0.29) is 24.0 Å². The van der Waals surface area contributed by atoms with E-state index in [4.69, 9.17) is 0 Å². The van der Waals surface area contributed by atoms with Gasteiger partial charge in [0.1, 0.15) is 5.01 Å². The molecule has 5 nitrogen and oxygen atoms in total. The lowest BCUT2D eigenvalue weighted by Crippen LogP contribution is -2.40. The van der Waals surface area contributed by atoms with Gasteiger partial charge in [-0.05, 0) is 38.3 Å². The van der Waals surface area contributed by atoms with Crippen LogP contribution in [-0.4, -0.2) is 29.0 Å². The Morgan fingerprint density at radius 2 is 2.04 bits per heavy atom. The second kappa shape index (κ2) is 11.5. The van der Waals surface area contributed by atoms with Crippen molar-refractivity contribution in [2.24, 2.45) is 10.9 Å². The van der Waals surface area contributed by atoms with E-state index in [1.54, 1.807) is 11.3 Å². The third-order valence-corrected chi connectivity index (χ3v) is 5.25. The van der Waals surface area contributed by atoms with Crippen LogP contribution < -0.4 is 10.6 Å². The molecule has 0 saturated heterocycles. The van der Waals surface area contributed by atoms with Gasteiger partial charge in [-0.3, -0.25) is 4.98 Å². The number of hydrogen-bond acceptors (Lipinski definition) is 4. The highest BCUT2D eigenvalue weighted by atomic mass is 127. The molecule has 2 aromatic rings. The van der Waals surface area contributed by atoms with Crippen LogP contribution in [-0.2, 0) is 6.54 Å². The first-order chi connectivity index (χ1) is 12.0. The van der Waals surface area contributed by atoms with E-state index >= 15 is 0 Å². The van der Waals surface area contributed by atoms with Crippen molar-refractivity contribution in [1.82, 2.24) is 20.6 Å². The van der Waals surface area contributed by atoms with Crippen LogP contribution in [0.1, 0.15) is 47.8 Å². The molecule has 2 aromatic heterocycles. The lowest BCUT2D eigenvalue weighted by atomic mass is 9.89. The van der Waals surface area contributed by atoms with E-state index in [0.29, 0.717) is 18.4 Å². The van der Waals surface area contributed by atoms with Gasteiger partial charge in [0.2, 0.25) is 0 Å². The quantitative estimate of drug-likeness (QED) is 0.348. The number of guanidine groups is 1. The average molecular weight is 487 g/mol. The van der Waals surface area contributed by atoms with Crippen LogP contribution in [0.4, 0.5) is 0 Å². The van der Waals surface area contributed by atoms with Crippen LogP contribution in [0.15, 0.2) is 29.5 Å². The molecule has 2 N–H and O–H groups in total. The molecule has 0 amide bonds. The van der Waals surface area contributed by atoms with Gasteiger partial charge in [0.15, 0.2) is 5.96 Å². The average Bonchev–Trinajstić information content (AvgIpc) is 2.91. The summed E-state index contributed by atoms with van der Waals surface area (Å²) in [5, 5.41) is 7.86. The number of nitrogens with zero attached hydrogens (tertiary/aromatic N) is 3. The molecule has 144 valence electrons. The summed E-state index contributed by atoms with van der Waals surface area (Å²) >= 11 is 1.72. The SMILES string of the molecule is CCNC(=NCc1nc(C)c(C)s1)NCC(c1cccnc1)C(C)C.I. The van der Waals surface area contributed by atoms with E-state index in [2.05, 4.69) is 59.4 Å². The molecule has 0 aliphatic rings. The number of aryl methyl sites for hydroxylation is 2. The minimum atomic E-state index is 0. The Bertz CT molecular complexity index is 665. The van der Waals surface area contributed by atoms with Crippen molar-refractivity contribution in [2.45, 2.75) is 47.1 Å². The molecule has 2 rings (SSSR count). The zero-order valence-corrected chi connectivity index (χ0v) is 19.4. The second-order valence-electron chi connectivity index (χ2n) is 6.46. The highest BCUT2D eigenvalue weighted by Gasteiger charge is 2.16. The van der Waals surface area contributed by atoms with E-state index in [0.717, 1.165) is 29.8 Å². The van der Waals surface area contributed by atoms with Crippen molar-refractivity contribution in [2.75, 3.05) is 13.1 Å². The number of thiazole rings is 1. The number of aliphatic imine (C=N–C) groups is 1. The molecule has 26 heavy (non-hydrogen) atoms. The standard InChI is InChI=1S/C19H29N5S.HI/c1-6-21-19(23-12-18-24-14(4)15(5)25-18)22-11-17(13(2)3)16-8-7-9-20-10-16;/h7-10,13,17H,6,11-12H2,1-5H3,(H2,21,22,23);1H. The van der Waals surface area contributed by atoms with Crippen molar-refractivity contribution < 1.29 is 0 Å². The zero-order valence-electron chi connectivity index (χ0n) is 16.2. The van der Waals surface area contributed by atoms with Crippen molar-refractivity contribution in [3.63, 3.8) is 0 Å². The second-order valence-corrected chi connectivity index (χ2v) is 7.75. The first kappa shape index (κ1) is 22.8. The number of hydrogen-bond donors (Lipinski definition) is 2. The molecule has 1 unspecified atom stereocenters. The summed E-state index contributed by atoms with van der Waals surface area (Å²) in [6.07, 6.45) is 3.77. The van der Waals surface area contributed by atoms with Gasteiger partial charge in [-0.1, -0.05) is 19.9 Å². The number of aromatic nitrogens is 2. The van der Waals surface area contributed by atoms with Gasteiger partial charge in [0, 0.05) is 36.3 Å². The summed E-state index contributed by atoms with van der Waals surface area (Å²) in [6, 6.07) is 4.14. The summed E-state index contributed by atoms with van der Waals surface area (Å²) in [5.41, 5.74) is 2.36. The topological polar surface area (TPSA) is 62.2 Å². The van der Waals surface area contributed by atoms with Crippen LogP contribution >= 0.6 is 35.3 Å². The van der Waals surface area contributed by atoms with Gasteiger partial charge >= 0.3 is 0 Å². The third-order valence-electron chi connectivity index (χ3n) is 4.20. The van der Waals surface area contributed by atoms with Crippen molar-refractivity contribution >= 4 is 41.3 Å². The van der Waals surface area contributed by atoms with Crippen molar-refractivity contribution in [3.05, 3.63) is 45.7 Å². The molecule has 0 aliphatic carbocycles. The molecule has 0 aliphatic heterocycles. The molecule has 0 radical (unpaired) electrons. The Labute approximate surface area is 178 Å². The minimum Gasteiger partial charge on any atom is -0.357 e. The first-order valence-electron chi connectivity index (χ1n) is 8.86. The maximum Gasteiger partial charge on any atom is 0.191 e. The molecular formula is C19H30IN5S. The Balaban J connectivity index is 0.00000338. The molecule has 7 heteroatoms. The van der Waals surface area contributed by atoms with E-state index < -0.39 is 0 Å². The summed E-state index contributed by atoms with van der Waals surface area (Å²) in [4.78, 5) is 14.8. The van der Waals surface area contributed by atoms with E-state index in [1.165, 1.54) is 10.4 Å². The molecule has 0 bridgehead atoms. The highest BCUT2D eigenvalue weighted by molar-refractivity contribution is 14.0. The van der Waals surface area contributed by atoms with Crippen LogP contribution in [0.25, 0.3) is 0 Å². The largest absolute Gasteiger partial charge is 0.357 e.